The molecule has 5 aromatic rings. The van der Waals surface area contributed by atoms with E-state index < -0.39 is 0 Å². The van der Waals surface area contributed by atoms with Gasteiger partial charge in [-0.1, -0.05) is 18.2 Å². The van der Waals surface area contributed by atoms with Crippen molar-refractivity contribution in [1.29, 1.82) is 0 Å². The maximum atomic E-state index is 8.12. The molecule has 8 heteroatoms. The van der Waals surface area contributed by atoms with Gasteiger partial charge in [-0.25, -0.2) is 9.50 Å². The molecule has 0 aliphatic rings. The molecule has 5 rings (SSSR count). The number of hydrogen-bond donors (Lipinski definition) is 1. The Bertz CT molecular complexity index is 1390. The predicted molar refractivity (Wildman–Crippen MR) is 120 cm³/mol. The fourth-order valence-electron chi connectivity index (χ4n) is 3.31. The van der Waals surface area contributed by atoms with Crippen molar-refractivity contribution >= 4 is 44.7 Å². The molecule has 0 aliphatic carbocycles. The van der Waals surface area contributed by atoms with Crippen LogP contribution in [-0.2, 0) is 9.59 Å². The number of carbonyl (C=O) groups excluding carboxylic acids is 2. The van der Waals surface area contributed by atoms with E-state index in [1.807, 2.05) is 53.2 Å². The van der Waals surface area contributed by atoms with Crippen LogP contribution >= 0.6 is 11.3 Å². The first-order valence-corrected chi connectivity index (χ1v) is 10.2. The second kappa shape index (κ2) is 8.79. The third-order valence-electron chi connectivity index (χ3n) is 4.69. The second-order valence-electron chi connectivity index (χ2n) is 6.68. The number of nitrogens with one attached hydrogen (secondary N) is 1. The van der Waals surface area contributed by atoms with Gasteiger partial charge < -0.3 is 10.1 Å². The van der Waals surface area contributed by atoms with Gasteiger partial charge in [0.15, 0.2) is 11.5 Å². The van der Waals surface area contributed by atoms with Crippen molar-refractivity contribution in [3.05, 3.63) is 72.4 Å². The summed E-state index contributed by atoms with van der Waals surface area (Å²) in [4.78, 5) is 21.9. The van der Waals surface area contributed by atoms with E-state index in [1.165, 1.54) is 10.1 Å². The summed E-state index contributed by atoms with van der Waals surface area (Å²) in [5.41, 5.74) is 3.93. The largest absolute Gasteiger partial charge is 0.496 e. The molecular formula is C23H18N4O3S. The molecule has 1 N–H and O–H groups in total. The zero-order chi connectivity index (χ0) is 21.8. The smallest absolute Gasteiger partial charge is 0.373 e. The molecule has 0 radical (unpaired) electrons. The summed E-state index contributed by atoms with van der Waals surface area (Å²) in [6.45, 7) is 2.06. The molecule has 7 nitrogen and oxygen atoms in total. The monoisotopic (exact) mass is 430 g/mol. The SMILES string of the molecule is COc1cc2sc(-c3cnc4ccc(Nc5ccccc5)nn34)cc2cc1C.O=C=O. The molecule has 0 fully saturated rings. The zero-order valence-corrected chi connectivity index (χ0v) is 17.6. The number of nitrogens with zero attached hydrogens (tertiary/aromatic N) is 3. The lowest BCUT2D eigenvalue weighted by molar-refractivity contribution is -0.191. The summed E-state index contributed by atoms with van der Waals surface area (Å²) < 4.78 is 8.54. The van der Waals surface area contributed by atoms with Crippen LogP contribution in [0.5, 0.6) is 5.75 Å². The molecule has 0 unspecified atom stereocenters. The molecule has 2 aromatic carbocycles. The molecule has 154 valence electrons. The van der Waals surface area contributed by atoms with Crippen molar-refractivity contribution in [2.75, 3.05) is 12.4 Å². The predicted octanol–water partition coefficient (Wildman–Crippen LogP) is 5.09. The zero-order valence-electron chi connectivity index (χ0n) is 16.8. The van der Waals surface area contributed by atoms with E-state index in [9.17, 15) is 0 Å². The number of imidazole rings is 1. The minimum atomic E-state index is 0.250. The molecule has 0 bridgehead atoms. The number of hydrogen-bond acceptors (Lipinski definition) is 7. The minimum Gasteiger partial charge on any atom is -0.496 e. The highest BCUT2D eigenvalue weighted by Crippen LogP contribution is 2.37. The highest BCUT2D eigenvalue weighted by molar-refractivity contribution is 7.22. The van der Waals surface area contributed by atoms with Gasteiger partial charge in [-0.2, -0.15) is 9.59 Å². The standard InChI is InChI=1S/C22H18N4OS.CO2/c1-14-10-15-11-20(28-19(15)12-18(14)27-2)17-13-23-22-9-8-21(25-26(17)22)24-16-6-4-3-5-7-16;2-1-3/h3-13H,1-2H3,(H,24,25);. The maximum Gasteiger partial charge on any atom is 0.373 e. The number of anilines is 2. The minimum absolute atomic E-state index is 0.250. The normalized spacial score (nSPS) is 10.4. The van der Waals surface area contributed by atoms with E-state index in [2.05, 4.69) is 35.4 Å². The van der Waals surface area contributed by atoms with Crippen LogP contribution < -0.4 is 10.1 Å². The Balaban J connectivity index is 0.000000730. The van der Waals surface area contributed by atoms with E-state index in [0.717, 1.165) is 39.0 Å². The fraction of sp³-hybridized carbons (Fsp3) is 0.0870. The third-order valence-corrected chi connectivity index (χ3v) is 5.82. The van der Waals surface area contributed by atoms with Crippen LogP contribution in [0.4, 0.5) is 11.5 Å². The molecule has 0 saturated heterocycles. The van der Waals surface area contributed by atoms with Gasteiger partial charge in [0.1, 0.15) is 11.4 Å². The number of thiophene rings is 1. The van der Waals surface area contributed by atoms with Gasteiger partial charge in [0.25, 0.3) is 0 Å². The van der Waals surface area contributed by atoms with Crippen molar-refractivity contribution in [3.8, 4) is 16.3 Å². The van der Waals surface area contributed by atoms with E-state index >= 15 is 0 Å². The molecule has 0 aliphatic heterocycles. The van der Waals surface area contributed by atoms with Crippen molar-refractivity contribution in [2.45, 2.75) is 6.92 Å². The van der Waals surface area contributed by atoms with Crippen LogP contribution in [0, 0.1) is 6.92 Å². The van der Waals surface area contributed by atoms with Gasteiger partial charge in [0, 0.05) is 10.4 Å². The lowest BCUT2D eigenvalue weighted by Gasteiger charge is -2.06. The van der Waals surface area contributed by atoms with Gasteiger partial charge in [-0.05, 0) is 60.3 Å². The topological polar surface area (TPSA) is 85.6 Å². The molecule has 0 amide bonds. The highest BCUT2D eigenvalue weighted by Gasteiger charge is 2.13. The average molecular weight is 430 g/mol. The van der Waals surface area contributed by atoms with Gasteiger partial charge in [-0.15, -0.1) is 16.4 Å². The van der Waals surface area contributed by atoms with Crippen LogP contribution in [0.3, 0.4) is 0 Å². The average Bonchev–Trinajstić information content (AvgIpc) is 3.37. The van der Waals surface area contributed by atoms with Gasteiger partial charge in [-0.3, -0.25) is 0 Å². The van der Waals surface area contributed by atoms with Gasteiger partial charge in [0.05, 0.1) is 18.2 Å². The van der Waals surface area contributed by atoms with Crippen LogP contribution in [0.25, 0.3) is 26.3 Å². The van der Waals surface area contributed by atoms with E-state index in [0.29, 0.717) is 0 Å². The van der Waals surface area contributed by atoms with E-state index in [-0.39, 0.29) is 6.15 Å². The quantitative estimate of drug-likeness (QED) is 0.428. The van der Waals surface area contributed by atoms with E-state index in [1.54, 1.807) is 18.4 Å². The van der Waals surface area contributed by atoms with Gasteiger partial charge in [0.2, 0.25) is 0 Å². The van der Waals surface area contributed by atoms with Crippen molar-refractivity contribution in [2.24, 2.45) is 0 Å². The molecule has 3 aromatic heterocycles. The van der Waals surface area contributed by atoms with Crippen molar-refractivity contribution < 1.29 is 14.3 Å². The molecule has 31 heavy (non-hydrogen) atoms. The summed E-state index contributed by atoms with van der Waals surface area (Å²) >= 11 is 1.72. The summed E-state index contributed by atoms with van der Waals surface area (Å²) in [6, 6.07) is 20.4. The molecule has 3 heterocycles. The number of methoxy groups -OCH3 is 1. The molecule has 0 spiro atoms. The Morgan fingerprint density at radius 1 is 1.06 bits per heavy atom. The summed E-state index contributed by atoms with van der Waals surface area (Å²) in [5.74, 6) is 1.68. The Morgan fingerprint density at radius 2 is 1.84 bits per heavy atom. The van der Waals surface area contributed by atoms with Gasteiger partial charge >= 0.3 is 6.15 Å². The van der Waals surface area contributed by atoms with Crippen LogP contribution in [-0.4, -0.2) is 27.9 Å². The lowest BCUT2D eigenvalue weighted by atomic mass is 10.1. The third kappa shape index (κ3) is 4.16. The first kappa shape index (κ1) is 20.3. The van der Waals surface area contributed by atoms with E-state index in [4.69, 9.17) is 19.4 Å². The summed E-state index contributed by atoms with van der Waals surface area (Å²) in [7, 11) is 1.71. The maximum absolute atomic E-state index is 8.12. The second-order valence-corrected chi connectivity index (χ2v) is 7.76. The highest BCUT2D eigenvalue weighted by atomic mass is 32.1. The lowest BCUT2D eigenvalue weighted by Crippen LogP contribution is -1.99. The molecular weight excluding hydrogens is 412 g/mol. The Morgan fingerprint density at radius 3 is 2.58 bits per heavy atom. The van der Waals surface area contributed by atoms with Crippen molar-refractivity contribution in [1.82, 2.24) is 14.6 Å². The number of aryl methyl sites for hydroxylation is 1. The summed E-state index contributed by atoms with van der Waals surface area (Å²) in [6.07, 6.45) is 2.13. The number of para-hydroxylation sites is 1. The Labute approximate surface area is 181 Å². The fourth-order valence-corrected chi connectivity index (χ4v) is 4.37. The van der Waals surface area contributed by atoms with Crippen LogP contribution in [0.15, 0.2) is 66.9 Å². The first-order chi connectivity index (χ1) is 15.1. The molecule has 0 saturated carbocycles. The number of fused-ring (bicyclic) bond motifs is 2. The molecule has 0 atom stereocenters. The Hall–Kier alpha value is -4.00. The van der Waals surface area contributed by atoms with Crippen LogP contribution in [0.2, 0.25) is 0 Å². The first-order valence-electron chi connectivity index (χ1n) is 9.37. The number of aromatic nitrogens is 3. The number of rotatable bonds is 4. The van der Waals surface area contributed by atoms with Crippen molar-refractivity contribution in [3.63, 3.8) is 0 Å². The number of ether oxygens (including phenoxy) is 1. The summed E-state index contributed by atoms with van der Waals surface area (Å²) in [5, 5.41) is 9.29. The number of benzene rings is 2. The Kier molecular flexibility index (Phi) is 5.75. The van der Waals surface area contributed by atoms with Crippen LogP contribution in [0.1, 0.15) is 5.56 Å².